The summed E-state index contributed by atoms with van der Waals surface area (Å²) in [5, 5.41) is 0. The molecule has 3 aliphatic rings. The molecule has 3 aliphatic heterocycles. The van der Waals surface area contributed by atoms with Crippen molar-refractivity contribution in [2.24, 2.45) is 5.73 Å². The maximum Gasteiger partial charge on any atom is 0.315 e. The number of nitrogens with two attached hydrogens (primary N) is 1. The van der Waals surface area contributed by atoms with Crippen LogP contribution in [0, 0.1) is 0 Å². The van der Waals surface area contributed by atoms with Crippen LogP contribution in [0.25, 0.3) is 0 Å². The molecule has 7 heteroatoms. The highest BCUT2D eigenvalue weighted by Crippen LogP contribution is 2.34. The second-order valence-corrected chi connectivity index (χ2v) is 7.43. The van der Waals surface area contributed by atoms with E-state index in [1.54, 1.807) is 11.1 Å². The van der Waals surface area contributed by atoms with Crippen molar-refractivity contribution in [3.8, 4) is 11.6 Å². The van der Waals surface area contributed by atoms with E-state index in [9.17, 15) is 4.79 Å². The Morgan fingerprint density at radius 3 is 2.78 bits per heavy atom. The van der Waals surface area contributed by atoms with Crippen LogP contribution < -0.4 is 15.2 Å². The number of amides is 2. The summed E-state index contributed by atoms with van der Waals surface area (Å²) in [7, 11) is 0. The average molecular weight is 366 g/mol. The zero-order chi connectivity index (χ0) is 18.4. The molecule has 7 nitrogen and oxygen atoms in total. The van der Waals surface area contributed by atoms with Crippen molar-refractivity contribution in [1.82, 2.24) is 14.8 Å². The van der Waals surface area contributed by atoms with Gasteiger partial charge in [0.1, 0.15) is 6.61 Å². The van der Waals surface area contributed by atoms with Gasteiger partial charge in [0.15, 0.2) is 11.9 Å². The molecule has 2 fully saturated rings. The van der Waals surface area contributed by atoms with Gasteiger partial charge in [0, 0.05) is 37.9 Å². The Morgan fingerprint density at radius 2 is 2.04 bits per heavy atom. The Labute approximate surface area is 157 Å². The summed E-state index contributed by atoms with van der Waals surface area (Å²) in [4.78, 5) is 19.9. The highest BCUT2D eigenvalue weighted by Gasteiger charge is 2.44. The van der Waals surface area contributed by atoms with Gasteiger partial charge < -0.3 is 20.1 Å². The molecule has 0 spiro atoms. The van der Waals surface area contributed by atoms with Crippen LogP contribution in [0.4, 0.5) is 4.79 Å². The molecular weight excluding hydrogens is 344 g/mol. The summed E-state index contributed by atoms with van der Waals surface area (Å²) in [5.74, 6) is 1.24. The highest BCUT2D eigenvalue weighted by molar-refractivity contribution is 5.73. The van der Waals surface area contributed by atoms with Gasteiger partial charge in [-0.05, 0) is 29.7 Å². The number of pyridine rings is 1. The minimum Gasteiger partial charge on any atom is -0.484 e. The number of primary amides is 1. The molecule has 0 saturated carbocycles. The summed E-state index contributed by atoms with van der Waals surface area (Å²) in [6.45, 7) is 3.02. The maximum absolute atomic E-state index is 11.4. The summed E-state index contributed by atoms with van der Waals surface area (Å²) in [6.07, 6.45) is 2.59. The van der Waals surface area contributed by atoms with Crippen molar-refractivity contribution in [2.75, 3.05) is 19.7 Å². The Balaban J connectivity index is 1.23. The largest absolute Gasteiger partial charge is 0.484 e. The number of carbonyl (C=O) groups excluding carboxylic acids is 1. The third kappa shape index (κ3) is 2.98. The summed E-state index contributed by atoms with van der Waals surface area (Å²) >= 11 is 0. The lowest BCUT2D eigenvalue weighted by molar-refractivity contribution is 0.0850. The topological polar surface area (TPSA) is 80.9 Å². The molecule has 2 aromatic rings. The van der Waals surface area contributed by atoms with Crippen molar-refractivity contribution in [3.63, 3.8) is 0 Å². The van der Waals surface area contributed by atoms with Gasteiger partial charge in [-0.15, -0.1) is 0 Å². The smallest absolute Gasteiger partial charge is 0.315 e. The van der Waals surface area contributed by atoms with Crippen LogP contribution in [0.1, 0.15) is 23.7 Å². The van der Waals surface area contributed by atoms with Gasteiger partial charge >= 0.3 is 6.03 Å². The molecule has 2 N–H and O–H groups in total. The molecule has 2 amide bonds. The first-order valence-corrected chi connectivity index (χ1v) is 9.31. The van der Waals surface area contributed by atoms with E-state index in [1.807, 2.05) is 12.1 Å². The molecule has 4 heterocycles. The number of fused-ring (bicyclic) bond motifs is 3. The third-order valence-corrected chi connectivity index (χ3v) is 5.75. The van der Waals surface area contributed by atoms with Crippen LogP contribution >= 0.6 is 0 Å². The SMILES string of the molecule is NC(=O)N1C[C@H]2C[C@H]1CN2Cc1ccc([C@H]2COc3cccnc3O2)cc1. The van der Waals surface area contributed by atoms with Crippen LogP contribution in [0.3, 0.4) is 0 Å². The lowest BCUT2D eigenvalue weighted by Crippen LogP contribution is -2.50. The zero-order valence-corrected chi connectivity index (χ0v) is 15.0. The first-order chi connectivity index (χ1) is 13.2. The Bertz CT molecular complexity index is 857. The molecule has 140 valence electrons. The van der Waals surface area contributed by atoms with E-state index in [1.165, 1.54) is 5.56 Å². The number of rotatable bonds is 3. The molecular formula is C20H22N4O3. The van der Waals surface area contributed by atoms with Crippen molar-refractivity contribution < 1.29 is 14.3 Å². The maximum atomic E-state index is 11.4. The summed E-state index contributed by atoms with van der Waals surface area (Å²) in [5.41, 5.74) is 7.78. The number of carbonyl (C=O) groups is 1. The minimum atomic E-state index is -0.294. The van der Waals surface area contributed by atoms with E-state index in [-0.39, 0.29) is 18.2 Å². The molecule has 3 atom stereocenters. The number of ether oxygens (including phenoxy) is 2. The molecule has 0 aliphatic carbocycles. The van der Waals surface area contributed by atoms with Gasteiger partial charge in [-0.2, -0.15) is 0 Å². The van der Waals surface area contributed by atoms with E-state index in [4.69, 9.17) is 15.2 Å². The van der Waals surface area contributed by atoms with Crippen molar-refractivity contribution in [2.45, 2.75) is 31.2 Å². The van der Waals surface area contributed by atoms with Gasteiger partial charge in [0.05, 0.1) is 0 Å². The lowest BCUT2D eigenvalue weighted by Gasteiger charge is -2.33. The minimum absolute atomic E-state index is 0.145. The number of piperazine rings is 1. The highest BCUT2D eigenvalue weighted by atomic mass is 16.6. The fourth-order valence-electron chi connectivity index (χ4n) is 4.36. The predicted molar refractivity (Wildman–Crippen MR) is 98.4 cm³/mol. The molecule has 27 heavy (non-hydrogen) atoms. The van der Waals surface area contributed by atoms with E-state index >= 15 is 0 Å². The zero-order valence-electron chi connectivity index (χ0n) is 15.0. The van der Waals surface area contributed by atoms with Crippen LogP contribution in [-0.2, 0) is 6.54 Å². The van der Waals surface area contributed by atoms with Crippen LogP contribution in [0.5, 0.6) is 11.6 Å². The Kier molecular flexibility index (Phi) is 3.89. The van der Waals surface area contributed by atoms with Crippen molar-refractivity contribution in [3.05, 3.63) is 53.7 Å². The molecule has 2 bridgehead atoms. The van der Waals surface area contributed by atoms with Gasteiger partial charge in [-0.1, -0.05) is 24.3 Å². The number of nitrogens with zero attached hydrogens (tertiary/aromatic N) is 3. The number of likely N-dealkylation sites (tertiary alicyclic amines) is 2. The van der Waals surface area contributed by atoms with Crippen molar-refractivity contribution >= 4 is 6.03 Å². The van der Waals surface area contributed by atoms with E-state index in [2.05, 4.69) is 34.1 Å². The number of urea groups is 1. The van der Waals surface area contributed by atoms with E-state index < -0.39 is 0 Å². The number of benzene rings is 1. The van der Waals surface area contributed by atoms with Gasteiger partial charge in [0.25, 0.3) is 5.88 Å². The molecule has 0 unspecified atom stereocenters. The van der Waals surface area contributed by atoms with Crippen molar-refractivity contribution in [1.29, 1.82) is 0 Å². The van der Waals surface area contributed by atoms with Gasteiger partial charge in [0.2, 0.25) is 0 Å². The molecule has 1 aromatic carbocycles. The summed E-state index contributed by atoms with van der Waals surface area (Å²) < 4.78 is 11.7. The van der Waals surface area contributed by atoms with Crippen LogP contribution in [-0.4, -0.2) is 52.6 Å². The van der Waals surface area contributed by atoms with E-state index in [0.29, 0.717) is 24.3 Å². The van der Waals surface area contributed by atoms with Crippen LogP contribution in [0.2, 0.25) is 0 Å². The molecule has 5 rings (SSSR count). The van der Waals surface area contributed by atoms with Gasteiger partial charge in [-0.3, -0.25) is 4.90 Å². The van der Waals surface area contributed by atoms with E-state index in [0.717, 1.165) is 31.6 Å². The number of aromatic nitrogens is 1. The fourth-order valence-corrected chi connectivity index (χ4v) is 4.36. The Hall–Kier alpha value is -2.80. The first kappa shape index (κ1) is 16.4. The second kappa shape index (κ2) is 6.42. The second-order valence-electron chi connectivity index (χ2n) is 7.43. The molecule has 0 radical (unpaired) electrons. The predicted octanol–water partition coefficient (Wildman–Crippen LogP) is 1.93. The van der Waals surface area contributed by atoms with Crippen LogP contribution in [0.15, 0.2) is 42.6 Å². The number of hydrogen-bond donors (Lipinski definition) is 1. The summed E-state index contributed by atoms with van der Waals surface area (Å²) in [6, 6.07) is 12.6. The third-order valence-electron chi connectivity index (χ3n) is 5.75. The Morgan fingerprint density at radius 1 is 1.19 bits per heavy atom. The lowest BCUT2D eigenvalue weighted by atomic mass is 10.1. The standard InChI is InChI=1S/C20H22N4O3/c21-20(25)24-11-15-8-16(24)10-23(15)9-13-3-5-14(6-4-13)18-12-26-17-2-1-7-22-19(17)27-18/h1-7,15-16,18H,8-12H2,(H2,21,25)/t15-,16+,18-/m1/s1. The first-order valence-electron chi connectivity index (χ1n) is 9.31. The monoisotopic (exact) mass is 366 g/mol. The normalized spacial score (nSPS) is 26.4. The molecule has 2 saturated heterocycles. The fraction of sp³-hybridized carbons (Fsp3) is 0.400. The van der Waals surface area contributed by atoms with Gasteiger partial charge in [-0.25, -0.2) is 9.78 Å². The number of hydrogen-bond acceptors (Lipinski definition) is 5. The average Bonchev–Trinajstić information content (AvgIpc) is 3.29. The molecule has 1 aromatic heterocycles. The quantitative estimate of drug-likeness (QED) is 0.898.